The predicted octanol–water partition coefficient (Wildman–Crippen LogP) is 2.03. The number of anilines is 2. The van der Waals surface area contributed by atoms with Crippen LogP contribution in [0.1, 0.15) is 19.3 Å². The molecule has 2 N–H and O–H groups in total. The average molecular weight is 434 g/mol. The molecule has 1 saturated carbocycles. The third kappa shape index (κ3) is 5.28. The van der Waals surface area contributed by atoms with Gasteiger partial charge in [-0.1, -0.05) is 0 Å². The molecule has 0 radical (unpaired) electrons. The summed E-state index contributed by atoms with van der Waals surface area (Å²) < 4.78 is -0.389. The molecule has 30 heavy (non-hydrogen) atoms. The number of carbonyl (C=O) groups excluding carboxylic acids is 2. The first kappa shape index (κ1) is 22.9. The zero-order valence-electron chi connectivity index (χ0n) is 18.6. The summed E-state index contributed by atoms with van der Waals surface area (Å²) in [5, 5.41) is 6.51. The maximum absolute atomic E-state index is 12.7. The van der Waals surface area contributed by atoms with E-state index in [9.17, 15) is 9.59 Å². The van der Waals surface area contributed by atoms with Crippen molar-refractivity contribution in [3.63, 3.8) is 0 Å². The Morgan fingerprint density at radius 2 is 1.77 bits per heavy atom. The number of hydrogen-bond acceptors (Lipinski definition) is 6. The lowest BCUT2D eigenvalue weighted by Crippen LogP contribution is -2.61. The molecule has 2 unspecified atom stereocenters. The van der Waals surface area contributed by atoms with Crippen LogP contribution in [0.3, 0.4) is 0 Å². The quantitative estimate of drug-likeness (QED) is 0.654. The lowest BCUT2D eigenvalue weighted by atomic mass is 9.77. The first-order valence-corrected chi connectivity index (χ1v) is 11.9. The van der Waals surface area contributed by atoms with Crippen molar-refractivity contribution in [2.45, 2.75) is 30.1 Å². The minimum Gasteiger partial charge on any atom is -0.380 e. The summed E-state index contributed by atoms with van der Waals surface area (Å²) in [5.41, 5.74) is 1.78. The summed E-state index contributed by atoms with van der Waals surface area (Å²) in [5.74, 6) is 0.217. The second kappa shape index (κ2) is 10.0. The number of carbonyl (C=O) groups is 2. The number of rotatable bonds is 8. The van der Waals surface area contributed by atoms with Crippen LogP contribution in [0.25, 0.3) is 0 Å². The molecule has 1 aromatic carbocycles. The molecule has 8 heteroatoms. The SMILES string of the molecule is CSC1(C(=O)N(C)C)CCC1Nc1ccc(NC(=O)CCN2CCN(C)CC2)cc1. The number of amides is 2. The maximum atomic E-state index is 12.7. The van der Waals surface area contributed by atoms with Crippen molar-refractivity contribution in [3.05, 3.63) is 24.3 Å². The molecule has 2 amide bonds. The molecule has 1 aromatic rings. The van der Waals surface area contributed by atoms with E-state index in [-0.39, 0.29) is 22.6 Å². The van der Waals surface area contributed by atoms with Gasteiger partial charge in [-0.15, -0.1) is 11.8 Å². The highest BCUT2D eigenvalue weighted by Gasteiger charge is 2.53. The van der Waals surface area contributed by atoms with Crippen molar-refractivity contribution in [1.29, 1.82) is 0 Å². The van der Waals surface area contributed by atoms with Crippen LogP contribution in [-0.2, 0) is 9.59 Å². The normalized spacial score (nSPS) is 24.7. The largest absolute Gasteiger partial charge is 0.380 e. The van der Waals surface area contributed by atoms with Crippen molar-refractivity contribution in [3.8, 4) is 0 Å². The van der Waals surface area contributed by atoms with Crippen LogP contribution < -0.4 is 10.6 Å². The number of thioether (sulfide) groups is 1. The molecule has 166 valence electrons. The molecule has 7 nitrogen and oxygen atoms in total. The molecule has 2 atom stereocenters. The van der Waals surface area contributed by atoms with Crippen LogP contribution in [0.2, 0.25) is 0 Å². The van der Waals surface area contributed by atoms with Crippen molar-refractivity contribution >= 4 is 35.0 Å². The van der Waals surface area contributed by atoms with Gasteiger partial charge in [0.15, 0.2) is 0 Å². The van der Waals surface area contributed by atoms with Crippen LogP contribution in [-0.4, -0.2) is 97.4 Å². The molecule has 1 aliphatic carbocycles. The fraction of sp³-hybridized carbons (Fsp3) is 0.636. The Morgan fingerprint density at radius 1 is 1.13 bits per heavy atom. The summed E-state index contributed by atoms with van der Waals surface area (Å²) in [6, 6.07) is 7.90. The van der Waals surface area contributed by atoms with Gasteiger partial charge in [-0.2, -0.15) is 0 Å². The summed E-state index contributed by atoms with van der Waals surface area (Å²) in [4.78, 5) is 31.3. The maximum Gasteiger partial charge on any atom is 0.240 e. The molecular formula is C22H35N5O2S. The van der Waals surface area contributed by atoms with E-state index in [1.807, 2.05) is 44.6 Å². The summed E-state index contributed by atoms with van der Waals surface area (Å²) in [7, 11) is 5.77. The van der Waals surface area contributed by atoms with Gasteiger partial charge in [-0.05, 0) is 50.4 Å². The van der Waals surface area contributed by atoms with E-state index in [0.717, 1.165) is 56.9 Å². The van der Waals surface area contributed by atoms with Gasteiger partial charge in [0.2, 0.25) is 11.8 Å². The Bertz CT molecular complexity index is 730. The Balaban J connectivity index is 1.48. The van der Waals surface area contributed by atoms with E-state index in [1.165, 1.54) is 0 Å². The van der Waals surface area contributed by atoms with Gasteiger partial charge in [0.05, 0.1) is 0 Å². The fourth-order valence-electron chi connectivity index (χ4n) is 4.11. The Labute approximate surface area is 184 Å². The molecular weight excluding hydrogens is 398 g/mol. The van der Waals surface area contributed by atoms with E-state index in [4.69, 9.17) is 0 Å². The number of nitrogens with one attached hydrogen (secondary N) is 2. The molecule has 0 spiro atoms. The highest BCUT2D eigenvalue weighted by atomic mass is 32.2. The second-order valence-electron chi connectivity index (χ2n) is 8.55. The molecule has 1 saturated heterocycles. The van der Waals surface area contributed by atoms with Crippen LogP contribution >= 0.6 is 11.8 Å². The third-order valence-electron chi connectivity index (χ3n) is 6.26. The van der Waals surface area contributed by atoms with E-state index >= 15 is 0 Å². The van der Waals surface area contributed by atoms with Gasteiger partial charge in [0.1, 0.15) is 4.75 Å². The number of likely N-dealkylation sites (N-methyl/N-ethyl adjacent to an activating group) is 1. The van der Waals surface area contributed by atoms with Gasteiger partial charge < -0.3 is 25.3 Å². The zero-order chi connectivity index (χ0) is 21.7. The van der Waals surface area contributed by atoms with Crippen molar-refractivity contribution < 1.29 is 9.59 Å². The first-order valence-electron chi connectivity index (χ1n) is 10.7. The third-order valence-corrected chi connectivity index (χ3v) is 7.65. The fourth-order valence-corrected chi connectivity index (χ4v) is 5.25. The number of nitrogens with zero attached hydrogens (tertiary/aromatic N) is 3. The van der Waals surface area contributed by atoms with E-state index in [2.05, 4.69) is 27.5 Å². The van der Waals surface area contributed by atoms with Crippen LogP contribution in [0.5, 0.6) is 0 Å². The minimum absolute atomic E-state index is 0.0478. The highest BCUT2D eigenvalue weighted by molar-refractivity contribution is 8.00. The number of hydrogen-bond donors (Lipinski definition) is 2. The Morgan fingerprint density at radius 3 is 2.30 bits per heavy atom. The standard InChI is InChI=1S/C22H35N5O2S/c1-25(2)21(29)22(30-4)11-9-19(22)23-17-5-7-18(8-6-17)24-20(28)10-12-27-15-13-26(3)14-16-27/h5-8,19,23H,9-16H2,1-4H3,(H,24,28). The van der Waals surface area contributed by atoms with Crippen molar-refractivity contribution in [2.24, 2.45) is 0 Å². The summed E-state index contributed by atoms with van der Waals surface area (Å²) in [6.45, 7) is 4.99. The lowest BCUT2D eigenvalue weighted by Gasteiger charge is -2.48. The minimum atomic E-state index is -0.389. The molecule has 2 aliphatic rings. The number of benzene rings is 1. The van der Waals surface area contributed by atoms with Gasteiger partial charge in [0.25, 0.3) is 0 Å². The molecule has 0 bridgehead atoms. The zero-order valence-corrected chi connectivity index (χ0v) is 19.4. The van der Waals surface area contributed by atoms with Gasteiger partial charge in [-0.3, -0.25) is 9.59 Å². The monoisotopic (exact) mass is 433 g/mol. The topological polar surface area (TPSA) is 67.9 Å². The van der Waals surface area contributed by atoms with Crippen LogP contribution in [0, 0.1) is 0 Å². The molecule has 1 heterocycles. The smallest absolute Gasteiger partial charge is 0.240 e. The summed E-state index contributed by atoms with van der Waals surface area (Å²) in [6.07, 6.45) is 4.39. The molecule has 1 aliphatic heterocycles. The van der Waals surface area contributed by atoms with Gasteiger partial charge in [0, 0.05) is 70.7 Å². The van der Waals surface area contributed by atoms with Gasteiger partial charge >= 0.3 is 0 Å². The van der Waals surface area contributed by atoms with Crippen molar-refractivity contribution in [1.82, 2.24) is 14.7 Å². The lowest BCUT2D eigenvalue weighted by molar-refractivity contribution is -0.133. The second-order valence-corrected chi connectivity index (χ2v) is 9.69. The number of piperazine rings is 1. The summed E-state index contributed by atoms with van der Waals surface area (Å²) >= 11 is 1.63. The Kier molecular flexibility index (Phi) is 7.65. The predicted molar refractivity (Wildman–Crippen MR) is 125 cm³/mol. The van der Waals surface area contributed by atoms with Crippen LogP contribution in [0.15, 0.2) is 24.3 Å². The van der Waals surface area contributed by atoms with E-state index in [0.29, 0.717) is 6.42 Å². The Hall–Kier alpha value is -1.77. The molecule has 3 rings (SSSR count). The highest BCUT2D eigenvalue weighted by Crippen LogP contribution is 2.45. The van der Waals surface area contributed by atoms with Gasteiger partial charge in [-0.25, -0.2) is 0 Å². The molecule has 0 aromatic heterocycles. The van der Waals surface area contributed by atoms with E-state index in [1.54, 1.807) is 16.7 Å². The van der Waals surface area contributed by atoms with Crippen molar-refractivity contribution in [2.75, 3.05) is 70.8 Å². The van der Waals surface area contributed by atoms with E-state index < -0.39 is 0 Å². The first-order chi connectivity index (χ1) is 14.3. The molecule has 2 fully saturated rings. The van der Waals surface area contributed by atoms with Crippen LogP contribution in [0.4, 0.5) is 11.4 Å². The average Bonchev–Trinajstić information content (AvgIpc) is 2.72.